The molecule has 1 fully saturated rings. The summed E-state index contributed by atoms with van der Waals surface area (Å²) in [5.41, 5.74) is -0.763. The molecule has 2 aromatic carbocycles. The lowest BCUT2D eigenvalue weighted by atomic mass is 9.96. The summed E-state index contributed by atoms with van der Waals surface area (Å²) >= 11 is 1.26. The number of halogens is 4. The Morgan fingerprint density at radius 1 is 1.17 bits per heavy atom. The number of piperazine rings is 1. The van der Waals surface area contributed by atoms with Gasteiger partial charge in [-0.2, -0.15) is 18.2 Å². The summed E-state index contributed by atoms with van der Waals surface area (Å²) in [5, 5.41) is 3.67. The summed E-state index contributed by atoms with van der Waals surface area (Å²) in [7, 11) is 1.52. The fraction of sp³-hybridized carbons (Fsp3) is 0.440. The number of aromatic nitrogens is 2. The van der Waals surface area contributed by atoms with E-state index in [0.717, 1.165) is 18.2 Å². The van der Waals surface area contributed by atoms with Crippen molar-refractivity contribution in [3.8, 4) is 11.1 Å². The predicted molar refractivity (Wildman–Crippen MR) is 132 cm³/mol. The number of methoxy groups -OCH3 is 1. The lowest BCUT2D eigenvalue weighted by molar-refractivity contribution is -0.137. The molecule has 0 amide bonds. The van der Waals surface area contributed by atoms with Gasteiger partial charge >= 0.3 is 11.9 Å². The minimum Gasteiger partial charge on any atom is -0.383 e. The lowest BCUT2D eigenvalue weighted by Gasteiger charge is -2.38. The van der Waals surface area contributed by atoms with E-state index in [9.17, 15) is 22.4 Å². The van der Waals surface area contributed by atoms with Crippen molar-refractivity contribution in [3.63, 3.8) is 0 Å². The Morgan fingerprint density at radius 2 is 1.83 bits per heavy atom. The molecule has 0 unspecified atom stereocenters. The number of anilines is 1. The van der Waals surface area contributed by atoms with Crippen LogP contribution in [0.5, 0.6) is 0 Å². The first kappa shape index (κ1) is 25.0. The first-order valence-corrected chi connectivity index (χ1v) is 12.7. The zero-order valence-electron chi connectivity index (χ0n) is 20.0. The fourth-order valence-electron chi connectivity index (χ4n) is 5.27. The van der Waals surface area contributed by atoms with E-state index in [1.54, 1.807) is 0 Å². The Kier molecular flexibility index (Phi) is 6.50. The van der Waals surface area contributed by atoms with Crippen LogP contribution < -0.4 is 15.9 Å². The Balaban J connectivity index is 1.88. The third kappa shape index (κ3) is 4.37. The maximum absolute atomic E-state index is 14.5. The molecule has 36 heavy (non-hydrogen) atoms. The Labute approximate surface area is 209 Å². The highest BCUT2D eigenvalue weighted by Crippen LogP contribution is 2.49. The highest BCUT2D eigenvalue weighted by molar-refractivity contribution is 7.99. The topological polar surface area (TPSA) is 59.4 Å². The van der Waals surface area contributed by atoms with Crippen LogP contribution in [0.1, 0.15) is 25.5 Å². The first-order valence-electron chi connectivity index (χ1n) is 11.7. The van der Waals surface area contributed by atoms with Gasteiger partial charge in [0.15, 0.2) is 0 Å². The second kappa shape index (κ2) is 9.35. The van der Waals surface area contributed by atoms with Gasteiger partial charge in [-0.15, -0.1) is 11.8 Å². The molecule has 2 aliphatic heterocycles. The summed E-state index contributed by atoms with van der Waals surface area (Å²) in [6.07, 6.45) is -4.68. The molecule has 11 heteroatoms. The summed E-state index contributed by atoms with van der Waals surface area (Å²) in [6.45, 7) is 5.19. The van der Waals surface area contributed by atoms with E-state index in [1.165, 1.54) is 35.6 Å². The Morgan fingerprint density at radius 3 is 2.44 bits per heavy atom. The smallest absolute Gasteiger partial charge is 0.383 e. The van der Waals surface area contributed by atoms with Gasteiger partial charge in [0, 0.05) is 53.9 Å². The average molecular weight is 523 g/mol. The van der Waals surface area contributed by atoms with Crippen LogP contribution in [-0.4, -0.2) is 54.2 Å². The van der Waals surface area contributed by atoms with Crippen molar-refractivity contribution in [2.45, 2.75) is 43.0 Å². The molecule has 5 rings (SSSR count). The van der Waals surface area contributed by atoms with Crippen LogP contribution >= 0.6 is 11.8 Å². The van der Waals surface area contributed by atoms with E-state index >= 15 is 0 Å². The van der Waals surface area contributed by atoms with Crippen LogP contribution in [0, 0.1) is 5.82 Å². The molecular weight excluding hydrogens is 496 g/mol. The molecule has 1 saturated heterocycles. The maximum atomic E-state index is 14.5. The van der Waals surface area contributed by atoms with Crippen molar-refractivity contribution in [1.29, 1.82) is 0 Å². The quantitative estimate of drug-likeness (QED) is 0.502. The number of hydrogen-bond acceptors (Lipinski definition) is 6. The van der Waals surface area contributed by atoms with Crippen molar-refractivity contribution in [2.24, 2.45) is 0 Å². The minimum absolute atomic E-state index is 0.0526. The second-order valence-corrected chi connectivity index (χ2v) is 10.4. The molecule has 3 atom stereocenters. The number of thioether (sulfide) groups is 1. The van der Waals surface area contributed by atoms with Gasteiger partial charge in [0.1, 0.15) is 11.6 Å². The molecule has 0 radical (unpaired) electrons. The van der Waals surface area contributed by atoms with E-state index in [2.05, 4.69) is 10.3 Å². The van der Waals surface area contributed by atoms with Gasteiger partial charge in [-0.05, 0) is 37.6 Å². The molecule has 3 heterocycles. The van der Waals surface area contributed by atoms with Crippen molar-refractivity contribution in [3.05, 3.63) is 52.2 Å². The standard InChI is InChI=1S/C25H26F4N4O2S/c1-13-9-32(10-14(2)30-13)23-18-8-19(25(27,28)29)20(15-4-6-16(26)7-5-15)22-21(18)33(24(34)31-23)17(11-35-3)12-36-22/h4-8,13-14,17,30H,9-12H2,1-3H3/t13-,14+,17-/m0/s1. The minimum atomic E-state index is -4.68. The van der Waals surface area contributed by atoms with Crippen LogP contribution in [0.15, 0.2) is 40.0 Å². The zero-order chi connectivity index (χ0) is 25.8. The van der Waals surface area contributed by atoms with Crippen LogP contribution in [0.25, 0.3) is 22.0 Å². The van der Waals surface area contributed by atoms with Gasteiger partial charge in [-0.25, -0.2) is 9.18 Å². The second-order valence-electron chi connectivity index (χ2n) is 9.41. The summed E-state index contributed by atoms with van der Waals surface area (Å²) in [6, 6.07) is 5.81. The molecule has 192 valence electrons. The number of benzene rings is 2. The molecule has 0 saturated carbocycles. The lowest BCUT2D eigenvalue weighted by Crippen LogP contribution is -2.55. The van der Waals surface area contributed by atoms with E-state index in [1.807, 2.05) is 18.7 Å². The molecule has 2 aliphatic rings. The van der Waals surface area contributed by atoms with Gasteiger partial charge in [-0.3, -0.25) is 4.57 Å². The van der Waals surface area contributed by atoms with Gasteiger partial charge in [0.25, 0.3) is 0 Å². The number of hydrogen-bond donors (Lipinski definition) is 1. The Hall–Kier alpha value is -2.63. The van der Waals surface area contributed by atoms with Gasteiger partial charge in [0.05, 0.1) is 23.7 Å². The summed E-state index contributed by atoms with van der Waals surface area (Å²) in [5.74, 6) is 0.0519. The van der Waals surface area contributed by atoms with Crippen LogP contribution in [0.4, 0.5) is 23.4 Å². The third-order valence-corrected chi connectivity index (χ3v) is 7.82. The molecule has 1 aromatic heterocycles. The largest absolute Gasteiger partial charge is 0.417 e. The number of ether oxygens (including phenoxy) is 1. The molecule has 6 nitrogen and oxygen atoms in total. The number of rotatable bonds is 4. The fourth-order valence-corrected chi connectivity index (χ4v) is 6.60. The normalized spacial score (nSPS) is 22.3. The third-order valence-electron chi connectivity index (χ3n) is 6.58. The van der Waals surface area contributed by atoms with Crippen LogP contribution in [0.2, 0.25) is 0 Å². The van der Waals surface area contributed by atoms with Gasteiger partial charge in [-0.1, -0.05) is 12.1 Å². The predicted octanol–water partition coefficient (Wildman–Crippen LogP) is 4.70. The van der Waals surface area contributed by atoms with Crippen LogP contribution in [-0.2, 0) is 10.9 Å². The molecule has 1 N–H and O–H groups in total. The van der Waals surface area contributed by atoms with Gasteiger partial charge < -0.3 is 15.0 Å². The number of nitrogens with zero attached hydrogens (tertiary/aromatic N) is 3. The number of nitrogens with one attached hydrogen (secondary N) is 1. The maximum Gasteiger partial charge on any atom is 0.417 e. The monoisotopic (exact) mass is 522 g/mol. The molecule has 0 aliphatic carbocycles. The first-order chi connectivity index (χ1) is 17.1. The van der Waals surface area contributed by atoms with Gasteiger partial charge in [0.2, 0.25) is 0 Å². The highest BCUT2D eigenvalue weighted by Gasteiger charge is 2.39. The number of alkyl halides is 3. The Bertz CT molecular complexity index is 1350. The van der Waals surface area contributed by atoms with Crippen molar-refractivity contribution in [1.82, 2.24) is 14.9 Å². The van der Waals surface area contributed by atoms with E-state index in [-0.39, 0.29) is 47.1 Å². The summed E-state index contributed by atoms with van der Waals surface area (Å²) in [4.78, 5) is 20.0. The van der Waals surface area contributed by atoms with E-state index in [0.29, 0.717) is 29.3 Å². The van der Waals surface area contributed by atoms with Crippen LogP contribution in [0.3, 0.4) is 0 Å². The highest BCUT2D eigenvalue weighted by atomic mass is 32.2. The molecule has 3 aromatic rings. The molecule has 0 bridgehead atoms. The van der Waals surface area contributed by atoms with Crippen molar-refractivity contribution < 1.29 is 22.3 Å². The van der Waals surface area contributed by atoms with Crippen molar-refractivity contribution >= 4 is 28.5 Å². The SMILES string of the molecule is COC[C@H]1CSc2c(-c3ccc(F)cc3)c(C(F)(F)F)cc3c(N4C[C@@H](C)N[C@@H](C)C4)nc(=O)n1c23. The molecular formula is C25H26F4N4O2S. The molecule has 0 spiro atoms. The average Bonchev–Trinajstić information content (AvgIpc) is 2.81. The zero-order valence-corrected chi connectivity index (χ0v) is 20.8. The van der Waals surface area contributed by atoms with E-state index < -0.39 is 23.2 Å². The van der Waals surface area contributed by atoms with E-state index in [4.69, 9.17) is 4.74 Å². The summed E-state index contributed by atoms with van der Waals surface area (Å²) < 4.78 is 64.0. The van der Waals surface area contributed by atoms with Crippen molar-refractivity contribution in [2.75, 3.05) is 37.5 Å².